The van der Waals surface area contributed by atoms with Gasteiger partial charge in [0, 0.05) is 16.0 Å². The van der Waals surface area contributed by atoms with Crippen LogP contribution in [-0.4, -0.2) is 35.8 Å². The molecule has 9 heteroatoms. The third-order valence-corrected chi connectivity index (χ3v) is 6.00. The van der Waals surface area contributed by atoms with Crippen LogP contribution < -0.4 is 5.56 Å². The fourth-order valence-electron chi connectivity index (χ4n) is 3.50. The van der Waals surface area contributed by atoms with Gasteiger partial charge in [0.2, 0.25) is 11.7 Å². The van der Waals surface area contributed by atoms with Gasteiger partial charge in [-0.2, -0.15) is 15.2 Å². The SMILES string of the molecule is CSc1ccc(-c2noc(Cn3ncn4nc(-c5cc(C)ccc5C)cc4c3=O)n2)cc1. The van der Waals surface area contributed by atoms with Crippen LogP contribution in [0.1, 0.15) is 17.0 Å². The van der Waals surface area contributed by atoms with Crippen LogP contribution in [0.2, 0.25) is 0 Å². The van der Waals surface area contributed by atoms with Gasteiger partial charge in [0.15, 0.2) is 0 Å². The number of aryl methyl sites for hydroxylation is 2. The van der Waals surface area contributed by atoms with Gasteiger partial charge in [0.25, 0.3) is 5.56 Å². The van der Waals surface area contributed by atoms with E-state index in [2.05, 4.69) is 32.5 Å². The van der Waals surface area contributed by atoms with E-state index >= 15 is 0 Å². The number of rotatable bonds is 5. The van der Waals surface area contributed by atoms with Crippen molar-refractivity contribution in [1.29, 1.82) is 0 Å². The molecular formula is C23H20N6O2S. The van der Waals surface area contributed by atoms with Crippen LogP contribution in [0.4, 0.5) is 0 Å². The molecule has 160 valence electrons. The Morgan fingerprint density at radius 1 is 1.06 bits per heavy atom. The van der Waals surface area contributed by atoms with E-state index in [0.717, 1.165) is 32.8 Å². The van der Waals surface area contributed by atoms with Gasteiger partial charge < -0.3 is 4.52 Å². The van der Waals surface area contributed by atoms with Crippen molar-refractivity contribution in [3.8, 4) is 22.6 Å². The zero-order valence-corrected chi connectivity index (χ0v) is 18.6. The van der Waals surface area contributed by atoms with Gasteiger partial charge in [0.05, 0.1) is 5.69 Å². The summed E-state index contributed by atoms with van der Waals surface area (Å²) < 4.78 is 8.17. The molecule has 0 bridgehead atoms. The highest BCUT2D eigenvalue weighted by Crippen LogP contribution is 2.24. The summed E-state index contributed by atoms with van der Waals surface area (Å²) in [4.78, 5) is 18.6. The lowest BCUT2D eigenvalue weighted by Gasteiger charge is -2.03. The van der Waals surface area contributed by atoms with Crippen LogP contribution in [0.15, 0.2) is 69.1 Å². The summed E-state index contributed by atoms with van der Waals surface area (Å²) in [5.74, 6) is 0.783. The molecule has 0 unspecified atom stereocenters. The second kappa shape index (κ2) is 8.08. The van der Waals surface area contributed by atoms with E-state index in [1.165, 1.54) is 15.5 Å². The zero-order chi connectivity index (χ0) is 22.2. The van der Waals surface area contributed by atoms with E-state index < -0.39 is 0 Å². The van der Waals surface area contributed by atoms with E-state index in [1.54, 1.807) is 17.8 Å². The molecule has 0 amide bonds. The molecule has 0 saturated heterocycles. The maximum absolute atomic E-state index is 13.0. The predicted molar refractivity (Wildman–Crippen MR) is 123 cm³/mol. The molecule has 0 saturated carbocycles. The molecule has 5 rings (SSSR count). The van der Waals surface area contributed by atoms with Gasteiger partial charge in [-0.25, -0.2) is 9.20 Å². The summed E-state index contributed by atoms with van der Waals surface area (Å²) in [5, 5.41) is 12.8. The fraction of sp³-hybridized carbons (Fsp3) is 0.174. The average molecular weight is 445 g/mol. The van der Waals surface area contributed by atoms with Crippen LogP contribution in [0.3, 0.4) is 0 Å². The lowest BCUT2D eigenvalue weighted by Crippen LogP contribution is -2.25. The Morgan fingerprint density at radius 2 is 1.88 bits per heavy atom. The summed E-state index contributed by atoms with van der Waals surface area (Å²) in [5.41, 5.74) is 4.96. The molecule has 0 atom stereocenters. The fourth-order valence-corrected chi connectivity index (χ4v) is 3.91. The van der Waals surface area contributed by atoms with Crippen molar-refractivity contribution in [2.75, 3.05) is 6.26 Å². The zero-order valence-electron chi connectivity index (χ0n) is 17.8. The number of aromatic nitrogens is 6. The standard InChI is InChI=1S/C23H20N6O2S/c1-14-4-5-15(2)18(10-14)19-11-20-23(30)28(24-13-29(20)26-19)12-21-25-22(27-31-21)16-6-8-17(32-3)9-7-16/h4-11,13H,12H2,1-3H3. The quantitative estimate of drug-likeness (QED) is 0.379. The third-order valence-electron chi connectivity index (χ3n) is 5.26. The Morgan fingerprint density at radius 3 is 2.66 bits per heavy atom. The number of hydrogen-bond donors (Lipinski definition) is 0. The van der Waals surface area contributed by atoms with Crippen molar-refractivity contribution in [2.45, 2.75) is 25.3 Å². The molecule has 0 aliphatic heterocycles. The highest BCUT2D eigenvalue weighted by Gasteiger charge is 2.15. The normalized spacial score (nSPS) is 11.3. The van der Waals surface area contributed by atoms with Crippen LogP contribution >= 0.6 is 11.8 Å². The van der Waals surface area contributed by atoms with Crippen LogP contribution in [0, 0.1) is 13.8 Å². The number of hydrogen-bond acceptors (Lipinski definition) is 7. The first-order valence-corrected chi connectivity index (χ1v) is 11.2. The third kappa shape index (κ3) is 3.71. The van der Waals surface area contributed by atoms with E-state index in [-0.39, 0.29) is 12.1 Å². The van der Waals surface area contributed by atoms with E-state index in [1.807, 2.05) is 50.4 Å². The summed E-state index contributed by atoms with van der Waals surface area (Å²) in [6.45, 7) is 4.13. The van der Waals surface area contributed by atoms with Crippen molar-refractivity contribution in [3.05, 3.63) is 82.2 Å². The van der Waals surface area contributed by atoms with Gasteiger partial charge >= 0.3 is 0 Å². The first-order chi connectivity index (χ1) is 15.5. The van der Waals surface area contributed by atoms with Gasteiger partial charge in [0.1, 0.15) is 18.4 Å². The van der Waals surface area contributed by atoms with Gasteiger partial charge in [-0.05, 0) is 62.1 Å². The summed E-state index contributed by atoms with van der Waals surface area (Å²) >= 11 is 1.67. The maximum Gasteiger partial charge on any atom is 0.293 e. The first-order valence-electron chi connectivity index (χ1n) is 10.0. The molecule has 0 fully saturated rings. The van der Waals surface area contributed by atoms with E-state index in [0.29, 0.717) is 17.2 Å². The Bertz CT molecular complexity index is 1480. The molecule has 32 heavy (non-hydrogen) atoms. The second-order valence-corrected chi connectivity index (χ2v) is 8.39. The van der Waals surface area contributed by atoms with Crippen molar-refractivity contribution in [3.63, 3.8) is 0 Å². The van der Waals surface area contributed by atoms with E-state index in [9.17, 15) is 4.79 Å². The first kappa shape index (κ1) is 20.2. The molecule has 8 nitrogen and oxygen atoms in total. The molecule has 0 radical (unpaired) electrons. The lowest BCUT2D eigenvalue weighted by atomic mass is 10.0. The number of nitrogens with zero attached hydrogens (tertiary/aromatic N) is 6. The molecule has 0 aliphatic carbocycles. The highest BCUT2D eigenvalue weighted by atomic mass is 32.2. The van der Waals surface area contributed by atoms with Gasteiger partial charge in [-0.1, -0.05) is 22.9 Å². The summed E-state index contributed by atoms with van der Waals surface area (Å²) in [6.07, 6.45) is 3.54. The molecule has 2 aromatic carbocycles. The molecule has 0 N–H and O–H groups in total. The molecule has 0 spiro atoms. The minimum absolute atomic E-state index is 0.0786. The number of fused-ring (bicyclic) bond motifs is 1. The smallest absolute Gasteiger partial charge is 0.293 e. The predicted octanol–water partition coefficient (Wildman–Crippen LogP) is 4.00. The van der Waals surface area contributed by atoms with Gasteiger partial charge in [-0.3, -0.25) is 4.79 Å². The van der Waals surface area contributed by atoms with Crippen molar-refractivity contribution in [2.24, 2.45) is 0 Å². The van der Waals surface area contributed by atoms with E-state index in [4.69, 9.17) is 4.52 Å². The Hall–Kier alpha value is -3.72. The van der Waals surface area contributed by atoms with Crippen molar-refractivity contribution in [1.82, 2.24) is 29.5 Å². The number of benzene rings is 2. The Balaban J connectivity index is 1.45. The Labute approximate surface area is 187 Å². The van der Waals surface area contributed by atoms with Crippen LogP contribution in [0.25, 0.3) is 28.2 Å². The molecule has 3 aromatic heterocycles. The molecular weight excluding hydrogens is 424 g/mol. The highest BCUT2D eigenvalue weighted by molar-refractivity contribution is 7.98. The van der Waals surface area contributed by atoms with Crippen LogP contribution in [0.5, 0.6) is 0 Å². The largest absolute Gasteiger partial charge is 0.337 e. The number of thioether (sulfide) groups is 1. The average Bonchev–Trinajstić information content (AvgIpc) is 3.45. The van der Waals surface area contributed by atoms with Crippen LogP contribution in [-0.2, 0) is 6.54 Å². The van der Waals surface area contributed by atoms with Crippen molar-refractivity contribution >= 4 is 17.3 Å². The monoisotopic (exact) mass is 444 g/mol. The topological polar surface area (TPSA) is 91.1 Å². The molecule has 0 aliphatic rings. The lowest BCUT2D eigenvalue weighted by molar-refractivity contribution is 0.362. The second-order valence-electron chi connectivity index (χ2n) is 7.51. The minimum atomic E-state index is -0.277. The summed E-state index contributed by atoms with van der Waals surface area (Å²) in [7, 11) is 0. The maximum atomic E-state index is 13.0. The Kier molecular flexibility index (Phi) is 5.10. The van der Waals surface area contributed by atoms with Gasteiger partial charge in [-0.15, -0.1) is 11.8 Å². The summed E-state index contributed by atoms with van der Waals surface area (Å²) in [6, 6.07) is 15.8. The molecule has 5 aromatic rings. The van der Waals surface area contributed by atoms with Crippen molar-refractivity contribution < 1.29 is 4.52 Å². The molecule has 3 heterocycles. The minimum Gasteiger partial charge on any atom is -0.337 e.